The van der Waals surface area contributed by atoms with Crippen molar-refractivity contribution < 1.29 is 8.78 Å². The average Bonchev–Trinajstić information content (AvgIpc) is 3.13. The lowest BCUT2D eigenvalue weighted by Gasteiger charge is -2.09. The first-order valence-corrected chi connectivity index (χ1v) is 7.93. The van der Waals surface area contributed by atoms with E-state index in [0.717, 1.165) is 36.1 Å². The van der Waals surface area contributed by atoms with E-state index in [4.69, 9.17) is 0 Å². The first-order valence-electron chi connectivity index (χ1n) is 7.93. The fourth-order valence-electron chi connectivity index (χ4n) is 3.12. The summed E-state index contributed by atoms with van der Waals surface area (Å²) in [5, 5.41) is 7.95. The first kappa shape index (κ1) is 14.9. The lowest BCUT2D eigenvalue weighted by Crippen LogP contribution is -2.05. The normalized spacial score (nSPS) is 13.0. The van der Waals surface area contributed by atoms with Crippen molar-refractivity contribution in [3.63, 3.8) is 0 Å². The summed E-state index contributed by atoms with van der Waals surface area (Å²) in [6, 6.07) is 9.73. The highest BCUT2D eigenvalue weighted by Gasteiger charge is 2.25. The molecule has 3 nitrogen and oxygen atoms in total. The van der Waals surface area contributed by atoms with E-state index in [-0.39, 0.29) is 0 Å². The van der Waals surface area contributed by atoms with Gasteiger partial charge < -0.3 is 5.32 Å². The van der Waals surface area contributed by atoms with Crippen LogP contribution in [0.15, 0.2) is 36.4 Å². The number of nitrogens with one attached hydrogen (secondary N) is 1. The molecule has 1 N–H and O–H groups in total. The molecule has 1 aromatic heterocycles. The van der Waals surface area contributed by atoms with Gasteiger partial charge in [0.2, 0.25) is 0 Å². The molecule has 3 aromatic rings. The van der Waals surface area contributed by atoms with Gasteiger partial charge in [-0.25, -0.2) is 13.5 Å². The number of rotatable bonds is 2. The number of fused-ring (bicyclic) bond motifs is 1. The summed E-state index contributed by atoms with van der Waals surface area (Å²) in [5.74, 6) is -0.286. The Morgan fingerprint density at radius 3 is 2.62 bits per heavy atom. The Kier molecular flexibility index (Phi) is 3.37. The zero-order valence-electron chi connectivity index (χ0n) is 13.5. The number of hydrogen-bond donors (Lipinski definition) is 1. The minimum atomic E-state index is -0.588. The Bertz CT molecular complexity index is 944. The molecule has 2 aromatic carbocycles. The van der Waals surface area contributed by atoms with Crippen molar-refractivity contribution in [3.05, 3.63) is 64.7 Å². The van der Waals surface area contributed by atoms with E-state index >= 15 is 0 Å². The molecule has 1 aliphatic rings. The molecule has 122 valence electrons. The Balaban J connectivity index is 1.90. The minimum Gasteiger partial charge on any atom is -0.369 e. The van der Waals surface area contributed by atoms with Gasteiger partial charge in [0.15, 0.2) is 0 Å². The van der Waals surface area contributed by atoms with Crippen molar-refractivity contribution in [2.45, 2.75) is 20.3 Å². The molecular weight excluding hydrogens is 308 g/mol. The molecule has 4 rings (SSSR count). The van der Waals surface area contributed by atoms with Gasteiger partial charge in [-0.2, -0.15) is 5.10 Å². The van der Waals surface area contributed by atoms with Crippen LogP contribution in [0, 0.1) is 25.5 Å². The molecule has 0 saturated carbocycles. The van der Waals surface area contributed by atoms with Crippen LogP contribution in [0.1, 0.15) is 16.7 Å². The van der Waals surface area contributed by atoms with Gasteiger partial charge >= 0.3 is 0 Å². The van der Waals surface area contributed by atoms with Gasteiger partial charge in [0.1, 0.15) is 23.1 Å². The molecule has 1 aliphatic heterocycles. The van der Waals surface area contributed by atoms with E-state index < -0.39 is 11.6 Å². The van der Waals surface area contributed by atoms with Crippen LogP contribution in [0.2, 0.25) is 0 Å². The Hall–Kier alpha value is -2.69. The van der Waals surface area contributed by atoms with Gasteiger partial charge in [0.25, 0.3) is 0 Å². The van der Waals surface area contributed by atoms with Crippen molar-refractivity contribution >= 4 is 5.82 Å². The van der Waals surface area contributed by atoms with E-state index in [1.165, 1.54) is 23.3 Å². The largest absolute Gasteiger partial charge is 0.369 e. The topological polar surface area (TPSA) is 29.9 Å². The molecule has 0 unspecified atom stereocenters. The van der Waals surface area contributed by atoms with Gasteiger partial charge in [-0.05, 0) is 55.7 Å². The Morgan fingerprint density at radius 2 is 1.88 bits per heavy atom. The number of aryl methyl sites for hydroxylation is 2. The average molecular weight is 325 g/mol. The number of anilines is 1. The summed E-state index contributed by atoms with van der Waals surface area (Å²) in [5.41, 5.74) is 5.19. The fourth-order valence-corrected chi connectivity index (χ4v) is 3.12. The second-order valence-corrected chi connectivity index (χ2v) is 6.16. The highest BCUT2D eigenvalue weighted by atomic mass is 19.1. The fraction of sp³-hybridized carbons (Fsp3) is 0.211. The van der Waals surface area contributed by atoms with Crippen molar-refractivity contribution in [1.29, 1.82) is 0 Å². The standard InChI is InChI=1S/C19H17F2N3/c1-11-3-5-14(9-12(11)2)24-19-16(7-8-22-19)18(23-24)15-6-4-13(20)10-17(15)21/h3-6,9-10,22H,7-8H2,1-2H3. The van der Waals surface area contributed by atoms with E-state index in [1.807, 2.05) is 16.8 Å². The van der Waals surface area contributed by atoms with Crippen molar-refractivity contribution in [1.82, 2.24) is 9.78 Å². The number of nitrogens with zero attached hydrogens (tertiary/aromatic N) is 2. The molecule has 0 atom stereocenters. The maximum absolute atomic E-state index is 14.2. The molecule has 5 heteroatoms. The van der Waals surface area contributed by atoms with Crippen molar-refractivity contribution in [3.8, 4) is 16.9 Å². The maximum Gasteiger partial charge on any atom is 0.135 e. The van der Waals surface area contributed by atoms with Crippen LogP contribution in [0.25, 0.3) is 16.9 Å². The third kappa shape index (κ3) is 2.28. The van der Waals surface area contributed by atoms with E-state index in [9.17, 15) is 8.78 Å². The summed E-state index contributed by atoms with van der Waals surface area (Å²) < 4.78 is 29.2. The molecular formula is C19H17F2N3. The molecule has 24 heavy (non-hydrogen) atoms. The molecule has 0 bridgehead atoms. The second kappa shape index (κ2) is 5.44. The van der Waals surface area contributed by atoms with Crippen molar-refractivity contribution in [2.24, 2.45) is 0 Å². The number of aromatic nitrogens is 2. The number of halogens is 2. The predicted octanol–water partition coefficient (Wildman–Crippen LogP) is 4.40. The smallest absolute Gasteiger partial charge is 0.135 e. The minimum absolute atomic E-state index is 0.332. The van der Waals surface area contributed by atoms with Crippen LogP contribution in [0.5, 0.6) is 0 Å². The highest BCUT2D eigenvalue weighted by Crippen LogP contribution is 2.36. The summed E-state index contributed by atoms with van der Waals surface area (Å²) in [6.07, 6.45) is 0.770. The summed E-state index contributed by atoms with van der Waals surface area (Å²) in [7, 11) is 0. The van der Waals surface area contributed by atoms with Gasteiger partial charge in [0.05, 0.1) is 5.69 Å². The van der Waals surface area contributed by atoms with Crippen LogP contribution >= 0.6 is 0 Å². The third-order valence-corrected chi connectivity index (χ3v) is 4.57. The third-order valence-electron chi connectivity index (χ3n) is 4.57. The van der Waals surface area contributed by atoms with Crippen molar-refractivity contribution in [2.75, 3.05) is 11.9 Å². The highest BCUT2D eigenvalue weighted by molar-refractivity contribution is 5.73. The van der Waals surface area contributed by atoms with Gasteiger partial charge in [0, 0.05) is 23.7 Å². The number of benzene rings is 2. The Morgan fingerprint density at radius 1 is 1.04 bits per heavy atom. The van der Waals surface area contributed by atoms with Crippen LogP contribution < -0.4 is 5.32 Å². The molecule has 0 aliphatic carbocycles. The van der Waals surface area contributed by atoms with Crippen LogP contribution in [0.4, 0.5) is 14.6 Å². The molecule has 0 saturated heterocycles. The maximum atomic E-state index is 14.2. The van der Waals surface area contributed by atoms with Gasteiger partial charge in [-0.1, -0.05) is 6.07 Å². The van der Waals surface area contributed by atoms with Crippen LogP contribution in [-0.2, 0) is 6.42 Å². The number of hydrogen-bond acceptors (Lipinski definition) is 2. The lowest BCUT2D eigenvalue weighted by molar-refractivity contribution is 0.585. The Labute approximate surface area is 138 Å². The van der Waals surface area contributed by atoms with E-state index in [2.05, 4.69) is 30.3 Å². The quantitative estimate of drug-likeness (QED) is 0.757. The monoisotopic (exact) mass is 325 g/mol. The summed E-state index contributed by atoms with van der Waals surface area (Å²) in [4.78, 5) is 0. The second-order valence-electron chi connectivity index (χ2n) is 6.16. The SMILES string of the molecule is Cc1ccc(-n2nc(-c3ccc(F)cc3F)c3c2NCC3)cc1C. The molecule has 0 radical (unpaired) electrons. The molecule has 2 heterocycles. The van der Waals surface area contributed by atoms with Gasteiger partial charge in [-0.3, -0.25) is 0 Å². The molecule has 0 spiro atoms. The van der Waals surface area contributed by atoms with Gasteiger partial charge in [-0.15, -0.1) is 0 Å². The first-order chi connectivity index (χ1) is 11.5. The predicted molar refractivity (Wildman–Crippen MR) is 90.6 cm³/mol. The summed E-state index contributed by atoms with van der Waals surface area (Å²) >= 11 is 0. The van der Waals surface area contributed by atoms with E-state index in [0.29, 0.717) is 11.3 Å². The molecule has 0 amide bonds. The van der Waals surface area contributed by atoms with E-state index in [1.54, 1.807) is 0 Å². The van der Waals surface area contributed by atoms with Crippen LogP contribution in [-0.4, -0.2) is 16.3 Å². The lowest BCUT2D eigenvalue weighted by atomic mass is 10.1. The molecule has 0 fully saturated rings. The summed E-state index contributed by atoms with van der Waals surface area (Å²) in [6.45, 7) is 4.90. The van der Waals surface area contributed by atoms with Crippen LogP contribution in [0.3, 0.4) is 0 Å². The zero-order chi connectivity index (χ0) is 16.8. The zero-order valence-corrected chi connectivity index (χ0v) is 13.5.